The molecule has 0 aliphatic heterocycles. The number of benzene rings is 2. The van der Waals surface area contributed by atoms with Gasteiger partial charge in [0.25, 0.3) is 0 Å². The van der Waals surface area contributed by atoms with Crippen LogP contribution >= 0.6 is 0 Å². The Morgan fingerprint density at radius 2 is 1.31 bits per heavy atom. The summed E-state index contributed by atoms with van der Waals surface area (Å²) in [7, 11) is 0. The van der Waals surface area contributed by atoms with Gasteiger partial charge in [-0.2, -0.15) is 0 Å². The summed E-state index contributed by atoms with van der Waals surface area (Å²) in [6.07, 6.45) is 0.0489. The number of carbonyl (C=O) groups is 4. The Morgan fingerprint density at radius 1 is 0.795 bits per heavy atom. The lowest BCUT2D eigenvalue weighted by atomic mass is 10.0. The third-order valence-electron chi connectivity index (χ3n) is 5.81. The first kappa shape index (κ1) is 31.5. The van der Waals surface area contributed by atoms with Gasteiger partial charge < -0.3 is 20.5 Å². The molecule has 0 heterocycles. The average molecular weight is 540 g/mol. The second-order valence-electron chi connectivity index (χ2n) is 11.0. The molecule has 3 atom stereocenters. The zero-order valence-corrected chi connectivity index (χ0v) is 23.4. The molecule has 4 N–H and O–H groups in total. The van der Waals surface area contributed by atoms with E-state index in [1.165, 1.54) is 0 Å². The van der Waals surface area contributed by atoms with E-state index in [9.17, 15) is 24.3 Å². The number of aliphatic carboxylic acids is 1. The van der Waals surface area contributed by atoms with Crippen molar-refractivity contribution in [3.8, 4) is 0 Å². The van der Waals surface area contributed by atoms with Gasteiger partial charge in [0, 0.05) is 0 Å². The number of ketones is 1. The Labute approximate surface area is 230 Å². The van der Waals surface area contributed by atoms with Gasteiger partial charge in [-0.25, -0.2) is 9.59 Å². The Kier molecular flexibility index (Phi) is 12.1. The first-order valence-corrected chi connectivity index (χ1v) is 13.2. The molecule has 0 aliphatic carbocycles. The standard InChI is InChI=1S/C30H41N3O6/c1-20(2)16-25(28(36)37)32-27(35)24(18-22-14-10-7-11-15-22)31-19-26(34)23(17-21-12-8-6-9-13-21)33-29(38)39-30(3,4)5/h6-15,20,23-25,31H,16-19H2,1-5H3,(H,32,35)(H,33,38)(H,36,37)/t23?,24-,25-/m0/s1. The Morgan fingerprint density at radius 3 is 1.77 bits per heavy atom. The van der Waals surface area contributed by atoms with Crippen LogP contribution in [0.4, 0.5) is 4.79 Å². The SMILES string of the molecule is CC(C)C[C@H](NC(=O)[C@H](Cc1ccccc1)NCC(=O)C(Cc1ccccc1)NC(=O)OC(C)(C)C)C(=O)O. The number of carboxylic acids is 1. The summed E-state index contributed by atoms with van der Waals surface area (Å²) in [6, 6.07) is 15.7. The average Bonchev–Trinajstić information content (AvgIpc) is 2.85. The molecule has 0 aromatic heterocycles. The topological polar surface area (TPSA) is 134 Å². The number of Topliss-reactive ketones (excluding diaryl/α,β-unsaturated/α-hetero) is 1. The summed E-state index contributed by atoms with van der Waals surface area (Å²) in [5, 5.41) is 17.9. The molecule has 2 aromatic rings. The lowest BCUT2D eigenvalue weighted by Gasteiger charge is -2.25. The molecule has 9 heteroatoms. The number of alkyl carbamates (subject to hydrolysis) is 1. The second-order valence-corrected chi connectivity index (χ2v) is 11.0. The molecular formula is C30H41N3O6. The number of amides is 2. The van der Waals surface area contributed by atoms with Crippen LogP contribution in [0.25, 0.3) is 0 Å². The summed E-state index contributed by atoms with van der Waals surface area (Å²) < 4.78 is 5.35. The van der Waals surface area contributed by atoms with E-state index in [2.05, 4.69) is 16.0 Å². The molecule has 2 rings (SSSR count). The molecule has 1 unspecified atom stereocenters. The van der Waals surface area contributed by atoms with Gasteiger partial charge in [0.2, 0.25) is 5.91 Å². The lowest BCUT2D eigenvalue weighted by Crippen LogP contribution is -2.54. The smallest absolute Gasteiger partial charge is 0.408 e. The van der Waals surface area contributed by atoms with Gasteiger partial charge in [-0.15, -0.1) is 0 Å². The summed E-state index contributed by atoms with van der Waals surface area (Å²) in [5.74, 6) is -1.91. The van der Waals surface area contributed by atoms with Gasteiger partial charge in [0.05, 0.1) is 18.6 Å². The lowest BCUT2D eigenvalue weighted by molar-refractivity contribution is -0.142. The summed E-state index contributed by atoms with van der Waals surface area (Å²) >= 11 is 0. The highest BCUT2D eigenvalue weighted by molar-refractivity contribution is 5.91. The number of hydrogen-bond acceptors (Lipinski definition) is 6. The number of carbonyl (C=O) groups excluding carboxylic acids is 3. The molecule has 9 nitrogen and oxygen atoms in total. The Hall–Kier alpha value is -3.72. The minimum absolute atomic E-state index is 0.0613. The normalized spacial score (nSPS) is 13.7. The van der Waals surface area contributed by atoms with Crippen molar-refractivity contribution >= 4 is 23.8 Å². The van der Waals surface area contributed by atoms with Gasteiger partial charge in [-0.1, -0.05) is 74.5 Å². The third-order valence-corrected chi connectivity index (χ3v) is 5.81. The van der Waals surface area contributed by atoms with Gasteiger partial charge in [0.1, 0.15) is 11.6 Å². The van der Waals surface area contributed by atoms with E-state index in [1.807, 2.05) is 74.5 Å². The van der Waals surface area contributed by atoms with Crippen molar-refractivity contribution in [2.75, 3.05) is 6.54 Å². The van der Waals surface area contributed by atoms with E-state index in [1.54, 1.807) is 20.8 Å². The van der Waals surface area contributed by atoms with E-state index in [0.29, 0.717) is 0 Å². The number of carboxylic acid groups (broad SMARTS) is 1. The Bertz CT molecular complexity index is 1080. The fraction of sp³-hybridized carbons (Fsp3) is 0.467. The Balaban J connectivity index is 2.19. The summed E-state index contributed by atoms with van der Waals surface area (Å²) in [4.78, 5) is 50.8. The van der Waals surface area contributed by atoms with Crippen molar-refractivity contribution in [1.82, 2.24) is 16.0 Å². The fourth-order valence-corrected chi connectivity index (χ4v) is 3.96. The van der Waals surface area contributed by atoms with Crippen molar-refractivity contribution < 1.29 is 29.0 Å². The van der Waals surface area contributed by atoms with Crippen molar-refractivity contribution in [2.24, 2.45) is 5.92 Å². The minimum atomic E-state index is -1.11. The maximum Gasteiger partial charge on any atom is 0.408 e. The van der Waals surface area contributed by atoms with Crippen LogP contribution in [-0.2, 0) is 32.0 Å². The molecule has 2 aromatic carbocycles. The van der Waals surface area contributed by atoms with Crippen molar-refractivity contribution in [3.63, 3.8) is 0 Å². The molecule has 0 radical (unpaired) electrons. The molecule has 0 spiro atoms. The third kappa shape index (κ3) is 12.1. The monoisotopic (exact) mass is 539 g/mol. The van der Waals surface area contributed by atoms with Gasteiger partial charge in [0.15, 0.2) is 5.78 Å². The van der Waals surface area contributed by atoms with E-state index >= 15 is 0 Å². The van der Waals surface area contributed by atoms with Gasteiger partial charge in [-0.05, 0) is 57.1 Å². The first-order valence-electron chi connectivity index (χ1n) is 13.2. The largest absolute Gasteiger partial charge is 0.480 e. The zero-order valence-electron chi connectivity index (χ0n) is 23.4. The number of ether oxygens (including phenoxy) is 1. The minimum Gasteiger partial charge on any atom is -0.480 e. The van der Waals surface area contributed by atoms with Crippen LogP contribution in [0.3, 0.4) is 0 Å². The van der Waals surface area contributed by atoms with Gasteiger partial charge >= 0.3 is 12.1 Å². The highest BCUT2D eigenvalue weighted by Gasteiger charge is 2.29. The molecule has 212 valence electrons. The van der Waals surface area contributed by atoms with Crippen molar-refractivity contribution in [1.29, 1.82) is 0 Å². The van der Waals surface area contributed by atoms with E-state index in [0.717, 1.165) is 11.1 Å². The molecule has 0 saturated heterocycles. The van der Waals surface area contributed by atoms with Crippen LogP contribution in [0.2, 0.25) is 0 Å². The molecule has 0 fully saturated rings. The second kappa shape index (κ2) is 15.0. The number of hydrogen-bond donors (Lipinski definition) is 4. The predicted octanol–water partition coefficient (Wildman–Crippen LogP) is 3.51. The van der Waals surface area contributed by atoms with Crippen molar-refractivity contribution in [2.45, 2.75) is 77.6 Å². The molecular weight excluding hydrogens is 498 g/mol. The maximum atomic E-state index is 13.3. The molecule has 0 saturated carbocycles. The molecule has 2 amide bonds. The van der Waals surface area contributed by atoms with Crippen LogP contribution in [0.15, 0.2) is 60.7 Å². The van der Waals surface area contributed by atoms with Crippen LogP contribution in [0, 0.1) is 5.92 Å². The summed E-state index contributed by atoms with van der Waals surface area (Å²) in [5.41, 5.74) is 0.961. The molecule has 0 bridgehead atoms. The first-order chi connectivity index (χ1) is 18.3. The zero-order chi connectivity index (χ0) is 29.0. The molecule has 0 aliphatic rings. The molecule has 39 heavy (non-hydrogen) atoms. The quantitative estimate of drug-likeness (QED) is 0.289. The predicted molar refractivity (Wildman–Crippen MR) is 149 cm³/mol. The van der Waals surface area contributed by atoms with Crippen LogP contribution < -0.4 is 16.0 Å². The van der Waals surface area contributed by atoms with E-state index in [-0.39, 0.29) is 37.5 Å². The highest BCUT2D eigenvalue weighted by atomic mass is 16.6. The van der Waals surface area contributed by atoms with E-state index < -0.39 is 41.7 Å². The fourth-order valence-electron chi connectivity index (χ4n) is 3.96. The van der Waals surface area contributed by atoms with E-state index in [4.69, 9.17) is 4.74 Å². The highest BCUT2D eigenvalue weighted by Crippen LogP contribution is 2.11. The van der Waals surface area contributed by atoms with Crippen LogP contribution in [0.1, 0.15) is 52.2 Å². The van der Waals surface area contributed by atoms with Crippen LogP contribution in [-0.4, -0.2) is 59.1 Å². The van der Waals surface area contributed by atoms with Crippen molar-refractivity contribution in [3.05, 3.63) is 71.8 Å². The van der Waals surface area contributed by atoms with Crippen LogP contribution in [0.5, 0.6) is 0 Å². The number of nitrogens with one attached hydrogen (secondary N) is 3. The number of rotatable bonds is 14. The maximum absolute atomic E-state index is 13.3. The van der Waals surface area contributed by atoms with Gasteiger partial charge in [-0.3, -0.25) is 14.9 Å². The summed E-state index contributed by atoms with van der Waals surface area (Å²) in [6.45, 7) is 8.74.